The van der Waals surface area contributed by atoms with Crippen LogP contribution in [0.25, 0.3) is 0 Å². The zero-order chi connectivity index (χ0) is 10.7. The van der Waals surface area contributed by atoms with Gasteiger partial charge in [0.15, 0.2) is 0 Å². The zero-order valence-corrected chi connectivity index (χ0v) is 8.35. The Morgan fingerprint density at radius 1 is 1.53 bits per heavy atom. The SMILES string of the molecule is Nc1cncc(CN2CCCOC2=O)c1. The van der Waals surface area contributed by atoms with Crippen LogP contribution in [0.2, 0.25) is 0 Å². The van der Waals surface area contributed by atoms with Gasteiger partial charge >= 0.3 is 6.09 Å². The normalized spacial score (nSPS) is 16.3. The second kappa shape index (κ2) is 4.16. The lowest BCUT2D eigenvalue weighted by atomic mass is 10.2. The number of nitrogen functional groups attached to an aromatic ring is 1. The first kappa shape index (κ1) is 9.76. The smallest absolute Gasteiger partial charge is 0.410 e. The van der Waals surface area contributed by atoms with E-state index in [4.69, 9.17) is 10.5 Å². The highest BCUT2D eigenvalue weighted by Crippen LogP contribution is 2.11. The molecule has 80 valence electrons. The standard InChI is InChI=1S/C10H13N3O2/c11-9-4-8(5-12-6-9)7-13-2-1-3-15-10(13)14/h4-6H,1-3,7,11H2. The Morgan fingerprint density at radius 3 is 3.13 bits per heavy atom. The maximum Gasteiger partial charge on any atom is 0.410 e. The summed E-state index contributed by atoms with van der Waals surface area (Å²) in [5.41, 5.74) is 7.14. The second-order valence-electron chi connectivity index (χ2n) is 3.52. The minimum absolute atomic E-state index is 0.260. The number of hydrogen-bond acceptors (Lipinski definition) is 4. The molecular formula is C10H13N3O2. The lowest BCUT2D eigenvalue weighted by molar-refractivity contribution is 0.0700. The van der Waals surface area contributed by atoms with Crippen LogP contribution in [-0.4, -0.2) is 29.1 Å². The van der Waals surface area contributed by atoms with Gasteiger partial charge in [0.2, 0.25) is 0 Å². The van der Waals surface area contributed by atoms with Crippen LogP contribution in [0.3, 0.4) is 0 Å². The van der Waals surface area contributed by atoms with E-state index in [2.05, 4.69) is 4.98 Å². The highest BCUT2D eigenvalue weighted by atomic mass is 16.6. The number of carbonyl (C=O) groups excluding carboxylic acids is 1. The van der Waals surface area contributed by atoms with Crippen LogP contribution < -0.4 is 5.73 Å². The Bertz CT molecular complexity index is 367. The van der Waals surface area contributed by atoms with Gasteiger partial charge in [0.1, 0.15) is 0 Å². The van der Waals surface area contributed by atoms with E-state index < -0.39 is 0 Å². The Balaban J connectivity index is 2.04. The van der Waals surface area contributed by atoms with Gasteiger partial charge in [-0.15, -0.1) is 0 Å². The number of aromatic nitrogens is 1. The van der Waals surface area contributed by atoms with E-state index in [9.17, 15) is 4.79 Å². The third-order valence-electron chi connectivity index (χ3n) is 2.25. The number of rotatable bonds is 2. The Labute approximate surface area is 87.8 Å². The molecule has 0 aliphatic carbocycles. The summed E-state index contributed by atoms with van der Waals surface area (Å²) in [6.45, 7) is 1.76. The summed E-state index contributed by atoms with van der Waals surface area (Å²) in [6.07, 6.45) is 3.90. The molecule has 2 N–H and O–H groups in total. The number of amides is 1. The van der Waals surface area contributed by atoms with Gasteiger partial charge in [0.05, 0.1) is 18.8 Å². The Kier molecular flexibility index (Phi) is 2.71. The molecule has 0 aromatic carbocycles. The van der Waals surface area contributed by atoms with Gasteiger partial charge in [-0.25, -0.2) is 4.79 Å². The van der Waals surface area contributed by atoms with Crippen molar-refractivity contribution in [3.63, 3.8) is 0 Å². The van der Waals surface area contributed by atoms with Gasteiger partial charge in [0, 0.05) is 18.9 Å². The number of carbonyl (C=O) groups is 1. The number of cyclic esters (lactones) is 1. The van der Waals surface area contributed by atoms with Crippen molar-refractivity contribution in [2.45, 2.75) is 13.0 Å². The van der Waals surface area contributed by atoms with E-state index >= 15 is 0 Å². The van der Waals surface area contributed by atoms with Crippen LogP contribution in [0, 0.1) is 0 Å². The molecule has 5 nitrogen and oxygen atoms in total. The van der Waals surface area contributed by atoms with Crippen LogP contribution in [-0.2, 0) is 11.3 Å². The van der Waals surface area contributed by atoms with Crippen LogP contribution in [0.5, 0.6) is 0 Å². The fourth-order valence-electron chi connectivity index (χ4n) is 1.56. The van der Waals surface area contributed by atoms with E-state index in [0.29, 0.717) is 18.8 Å². The molecule has 0 bridgehead atoms. The van der Waals surface area contributed by atoms with Crippen molar-refractivity contribution in [2.75, 3.05) is 18.9 Å². The van der Waals surface area contributed by atoms with Gasteiger partial charge in [-0.2, -0.15) is 0 Å². The lowest BCUT2D eigenvalue weighted by Crippen LogP contribution is -2.37. The van der Waals surface area contributed by atoms with E-state index in [-0.39, 0.29) is 6.09 Å². The van der Waals surface area contributed by atoms with Crippen molar-refractivity contribution in [1.82, 2.24) is 9.88 Å². The van der Waals surface area contributed by atoms with E-state index in [1.54, 1.807) is 17.3 Å². The molecule has 1 amide bonds. The number of hydrogen-bond donors (Lipinski definition) is 1. The number of ether oxygens (including phenoxy) is 1. The maximum absolute atomic E-state index is 11.3. The van der Waals surface area contributed by atoms with E-state index in [1.807, 2.05) is 6.07 Å². The molecule has 15 heavy (non-hydrogen) atoms. The molecule has 1 saturated heterocycles. The van der Waals surface area contributed by atoms with Crippen molar-refractivity contribution >= 4 is 11.8 Å². The molecule has 0 atom stereocenters. The predicted octanol–water partition coefficient (Wildman–Crippen LogP) is 1.01. The van der Waals surface area contributed by atoms with Crippen molar-refractivity contribution in [1.29, 1.82) is 0 Å². The molecule has 1 fully saturated rings. The molecule has 5 heteroatoms. The highest BCUT2D eigenvalue weighted by Gasteiger charge is 2.19. The van der Waals surface area contributed by atoms with Crippen LogP contribution >= 0.6 is 0 Å². The van der Waals surface area contributed by atoms with Gasteiger partial charge in [0.25, 0.3) is 0 Å². The number of pyridine rings is 1. The molecule has 1 aromatic heterocycles. The third-order valence-corrected chi connectivity index (χ3v) is 2.25. The molecule has 0 unspecified atom stereocenters. The minimum Gasteiger partial charge on any atom is -0.449 e. The first-order valence-electron chi connectivity index (χ1n) is 4.87. The van der Waals surface area contributed by atoms with E-state index in [0.717, 1.165) is 18.5 Å². The molecule has 0 radical (unpaired) electrons. The fraction of sp³-hybridized carbons (Fsp3) is 0.400. The van der Waals surface area contributed by atoms with Crippen molar-refractivity contribution in [2.24, 2.45) is 0 Å². The topological polar surface area (TPSA) is 68.4 Å². The summed E-state index contributed by atoms with van der Waals surface area (Å²) in [5, 5.41) is 0. The first-order valence-corrected chi connectivity index (χ1v) is 4.87. The summed E-state index contributed by atoms with van der Waals surface area (Å²) in [7, 11) is 0. The number of anilines is 1. The molecule has 1 aliphatic rings. The van der Waals surface area contributed by atoms with Gasteiger partial charge < -0.3 is 15.4 Å². The molecular weight excluding hydrogens is 194 g/mol. The largest absolute Gasteiger partial charge is 0.449 e. The second-order valence-corrected chi connectivity index (χ2v) is 3.52. The van der Waals surface area contributed by atoms with Crippen LogP contribution in [0.1, 0.15) is 12.0 Å². The van der Waals surface area contributed by atoms with Gasteiger partial charge in [-0.1, -0.05) is 0 Å². The van der Waals surface area contributed by atoms with Crippen LogP contribution in [0.4, 0.5) is 10.5 Å². The van der Waals surface area contributed by atoms with Crippen molar-refractivity contribution in [3.05, 3.63) is 24.0 Å². The average molecular weight is 207 g/mol. The molecule has 1 aliphatic heterocycles. The quantitative estimate of drug-likeness (QED) is 0.785. The Morgan fingerprint density at radius 2 is 2.40 bits per heavy atom. The summed E-state index contributed by atoms with van der Waals surface area (Å²) < 4.78 is 4.93. The van der Waals surface area contributed by atoms with Crippen molar-refractivity contribution < 1.29 is 9.53 Å². The monoisotopic (exact) mass is 207 g/mol. The highest BCUT2D eigenvalue weighted by molar-refractivity contribution is 5.68. The minimum atomic E-state index is -0.260. The fourth-order valence-corrected chi connectivity index (χ4v) is 1.56. The average Bonchev–Trinajstić information content (AvgIpc) is 2.22. The summed E-state index contributed by atoms with van der Waals surface area (Å²) in [6, 6.07) is 1.81. The zero-order valence-electron chi connectivity index (χ0n) is 8.35. The molecule has 1 aromatic rings. The Hall–Kier alpha value is -1.78. The van der Waals surface area contributed by atoms with Gasteiger partial charge in [-0.3, -0.25) is 4.98 Å². The molecule has 0 saturated carbocycles. The molecule has 0 spiro atoms. The van der Waals surface area contributed by atoms with Gasteiger partial charge in [-0.05, 0) is 18.1 Å². The predicted molar refractivity (Wildman–Crippen MR) is 55.0 cm³/mol. The number of nitrogens with two attached hydrogens (primary N) is 1. The number of nitrogens with zero attached hydrogens (tertiary/aromatic N) is 2. The molecule has 2 heterocycles. The molecule has 2 rings (SSSR count). The first-order chi connectivity index (χ1) is 7.25. The van der Waals surface area contributed by atoms with Crippen LogP contribution in [0.15, 0.2) is 18.5 Å². The van der Waals surface area contributed by atoms with Crippen molar-refractivity contribution in [3.8, 4) is 0 Å². The third kappa shape index (κ3) is 2.37. The summed E-state index contributed by atoms with van der Waals surface area (Å²) in [4.78, 5) is 17.0. The lowest BCUT2D eigenvalue weighted by Gasteiger charge is -2.26. The summed E-state index contributed by atoms with van der Waals surface area (Å²) in [5.74, 6) is 0. The maximum atomic E-state index is 11.3. The van der Waals surface area contributed by atoms with E-state index in [1.165, 1.54) is 0 Å². The summed E-state index contributed by atoms with van der Waals surface area (Å²) >= 11 is 0.